The number of benzene rings is 2. The monoisotopic (exact) mass is 372 g/mol. The second kappa shape index (κ2) is 10.2. The summed E-state index contributed by atoms with van der Waals surface area (Å²) >= 11 is 0. The fraction of sp³-hybridized carbons (Fsp3) is 0.350. The van der Waals surface area contributed by atoms with Crippen molar-refractivity contribution < 1.29 is 23.9 Å². The molecule has 0 radical (unpaired) electrons. The fourth-order valence-corrected chi connectivity index (χ4v) is 2.68. The number of methoxy groups -OCH3 is 2. The van der Waals surface area contributed by atoms with Crippen LogP contribution in [0.2, 0.25) is 0 Å². The normalized spacial score (nSPS) is 12.0. The number of esters is 1. The molecule has 2 aromatic rings. The molecule has 27 heavy (non-hydrogen) atoms. The molecule has 7 nitrogen and oxygen atoms in total. The van der Waals surface area contributed by atoms with E-state index in [0.717, 1.165) is 22.1 Å². The van der Waals surface area contributed by atoms with Gasteiger partial charge in [-0.15, -0.1) is 0 Å². The van der Waals surface area contributed by atoms with Crippen LogP contribution in [-0.2, 0) is 19.2 Å². The predicted octanol–water partition coefficient (Wildman–Crippen LogP) is 3.54. The molecule has 0 aliphatic rings. The van der Waals surface area contributed by atoms with Crippen LogP contribution in [0.15, 0.2) is 46.7 Å². The summed E-state index contributed by atoms with van der Waals surface area (Å²) in [4.78, 5) is 21.4. The number of carbonyl (C=O) groups is 1. The van der Waals surface area contributed by atoms with Gasteiger partial charge in [0.15, 0.2) is 0 Å². The van der Waals surface area contributed by atoms with Gasteiger partial charge in [-0.1, -0.05) is 28.5 Å². The van der Waals surface area contributed by atoms with Crippen molar-refractivity contribution in [2.24, 2.45) is 10.3 Å². The SMILES string of the molecule is CON=C(CCCC(=O)OC)C(=NOC)c1ccc2cc(OC)ccc2c1. The quantitative estimate of drug-likeness (QED) is 0.382. The van der Waals surface area contributed by atoms with Gasteiger partial charge in [0.05, 0.1) is 14.2 Å². The van der Waals surface area contributed by atoms with Crippen LogP contribution in [-0.4, -0.2) is 45.8 Å². The van der Waals surface area contributed by atoms with Crippen molar-refractivity contribution in [1.82, 2.24) is 0 Å². The number of carbonyl (C=O) groups excluding carboxylic acids is 1. The summed E-state index contributed by atoms with van der Waals surface area (Å²) in [5, 5.41) is 10.3. The van der Waals surface area contributed by atoms with Gasteiger partial charge < -0.3 is 19.1 Å². The lowest BCUT2D eigenvalue weighted by Gasteiger charge is -2.10. The highest BCUT2D eigenvalue weighted by atomic mass is 16.6. The molecule has 144 valence electrons. The minimum Gasteiger partial charge on any atom is -0.497 e. The first-order chi connectivity index (χ1) is 13.1. The number of hydrogen-bond donors (Lipinski definition) is 0. The molecule has 0 N–H and O–H groups in total. The van der Waals surface area contributed by atoms with E-state index in [0.29, 0.717) is 24.3 Å². The highest BCUT2D eigenvalue weighted by molar-refractivity contribution is 6.48. The Balaban J connectivity index is 2.33. The third-order valence-corrected chi connectivity index (χ3v) is 4.00. The minimum atomic E-state index is -0.267. The number of ether oxygens (including phenoxy) is 2. The van der Waals surface area contributed by atoms with Crippen LogP contribution >= 0.6 is 0 Å². The van der Waals surface area contributed by atoms with E-state index in [4.69, 9.17) is 14.4 Å². The molecule has 0 aromatic heterocycles. The third kappa shape index (κ3) is 5.44. The van der Waals surface area contributed by atoms with E-state index < -0.39 is 0 Å². The lowest BCUT2D eigenvalue weighted by molar-refractivity contribution is -0.140. The summed E-state index contributed by atoms with van der Waals surface area (Å²) < 4.78 is 9.94. The van der Waals surface area contributed by atoms with Gasteiger partial charge in [0.2, 0.25) is 0 Å². The van der Waals surface area contributed by atoms with Crippen molar-refractivity contribution >= 4 is 28.2 Å². The minimum absolute atomic E-state index is 0.267. The van der Waals surface area contributed by atoms with Crippen molar-refractivity contribution in [2.75, 3.05) is 28.4 Å². The van der Waals surface area contributed by atoms with Crippen LogP contribution in [0.3, 0.4) is 0 Å². The van der Waals surface area contributed by atoms with E-state index in [9.17, 15) is 4.79 Å². The molecule has 0 saturated heterocycles. The van der Waals surface area contributed by atoms with Crippen LogP contribution in [0.5, 0.6) is 5.75 Å². The topological polar surface area (TPSA) is 78.7 Å². The van der Waals surface area contributed by atoms with Crippen molar-refractivity contribution in [1.29, 1.82) is 0 Å². The standard InChI is InChI=1S/C20H24N2O5/c1-24-17-11-10-14-12-16(9-8-15(14)13-17)20(22-27-4)18(21-26-3)6-5-7-19(23)25-2/h8-13H,5-7H2,1-4H3. The lowest BCUT2D eigenvalue weighted by Crippen LogP contribution is -2.17. The van der Waals surface area contributed by atoms with Gasteiger partial charge in [-0.25, -0.2) is 0 Å². The highest BCUT2D eigenvalue weighted by Gasteiger charge is 2.16. The number of oxime groups is 2. The lowest BCUT2D eigenvalue weighted by atomic mass is 9.98. The zero-order chi connectivity index (χ0) is 19.6. The molecule has 0 aliphatic carbocycles. The molecule has 0 fully saturated rings. The Morgan fingerprint density at radius 1 is 0.889 bits per heavy atom. The maximum Gasteiger partial charge on any atom is 0.305 e. The Hall–Kier alpha value is -3.09. The number of hydrogen-bond acceptors (Lipinski definition) is 7. The Bertz CT molecular complexity index is 845. The largest absolute Gasteiger partial charge is 0.497 e. The Morgan fingerprint density at radius 3 is 2.26 bits per heavy atom. The second-order valence-corrected chi connectivity index (χ2v) is 5.70. The first-order valence-electron chi connectivity index (χ1n) is 8.49. The molecule has 0 unspecified atom stereocenters. The third-order valence-electron chi connectivity index (χ3n) is 4.00. The van der Waals surface area contributed by atoms with Gasteiger partial charge in [0.25, 0.3) is 0 Å². The van der Waals surface area contributed by atoms with Crippen LogP contribution in [0.1, 0.15) is 24.8 Å². The van der Waals surface area contributed by atoms with E-state index in [1.807, 2.05) is 36.4 Å². The van der Waals surface area contributed by atoms with Crippen LogP contribution in [0, 0.1) is 0 Å². The van der Waals surface area contributed by atoms with E-state index in [2.05, 4.69) is 15.0 Å². The van der Waals surface area contributed by atoms with Gasteiger partial charge in [-0.2, -0.15) is 0 Å². The molecule has 0 amide bonds. The summed E-state index contributed by atoms with van der Waals surface area (Å²) in [6, 6.07) is 11.8. The predicted molar refractivity (Wildman–Crippen MR) is 104 cm³/mol. The van der Waals surface area contributed by atoms with E-state index in [-0.39, 0.29) is 12.4 Å². The molecule has 2 aromatic carbocycles. The van der Waals surface area contributed by atoms with Crippen LogP contribution in [0.4, 0.5) is 0 Å². The first kappa shape index (κ1) is 20.2. The molecule has 0 bridgehead atoms. The summed E-state index contributed by atoms with van der Waals surface area (Å²) in [5.74, 6) is 0.530. The Morgan fingerprint density at radius 2 is 1.59 bits per heavy atom. The van der Waals surface area contributed by atoms with E-state index >= 15 is 0 Å². The van der Waals surface area contributed by atoms with Crippen LogP contribution < -0.4 is 4.74 Å². The highest BCUT2D eigenvalue weighted by Crippen LogP contribution is 2.23. The molecule has 0 saturated carbocycles. The summed E-state index contributed by atoms with van der Waals surface area (Å²) in [6.07, 6.45) is 1.34. The number of nitrogens with zero attached hydrogens (tertiary/aromatic N) is 2. The Labute approximate surface area is 158 Å². The van der Waals surface area contributed by atoms with Crippen molar-refractivity contribution in [2.45, 2.75) is 19.3 Å². The van der Waals surface area contributed by atoms with Gasteiger partial charge in [-0.3, -0.25) is 4.79 Å². The molecule has 0 heterocycles. The summed E-state index contributed by atoms with van der Waals surface area (Å²) in [5.41, 5.74) is 1.99. The second-order valence-electron chi connectivity index (χ2n) is 5.70. The van der Waals surface area contributed by atoms with E-state index in [1.54, 1.807) is 7.11 Å². The Kier molecular flexibility index (Phi) is 7.61. The zero-order valence-corrected chi connectivity index (χ0v) is 16.0. The molecular weight excluding hydrogens is 348 g/mol. The number of fused-ring (bicyclic) bond motifs is 1. The van der Waals surface area contributed by atoms with Gasteiger partial charge in [-0.05, 0) is 41.8 Å². The average Bonchev–Trinajstić information content (AvgIpc) is 2.70. The van der Waals surface area contributed by atoms with Gasteiger partial charge in [0.1, 0.15) is 31.4 Å². The summed E-state index contributed by atoms with van der Waals surface area (Å²) in [6.45, 7) is 0. The average molecular weight is 372 g/mol. The first-order valence-corrected chi connectivity index (χ1v) is 8.49. The fourth-order valence-electron chi connectivity index (χ4n) is 2.68. The molecule has 0 atom stereocenters. The van der Waals surface area contributed by atoms with Crippen molar-refractivity contribution in [3.8, 4) is 5.75 Å². The maximum absolute atomic E-state index is 11.4. The number of rotatable bonds is 9. The molecule has 0 spiro atoms. The summed E-state index contributed by atoms with van der Waals surface area (Å²) in [7, 11) is 5.96. The van der Waals surface area contributed by atoms with Gasteiger partial charge in [0, 0.05) is 12.0 Å². The molecule has 7 heteroatoms. The maximum atomic E-state index is 11.4. The van der Waals surface area contributed by atoms with E-state index in [1.165, 1.54) is 21.3 Å². The van der Waals surface area contributed by atoms with Crippen molar-refractivity contribution in [3.05, 3.63) is 42.0 Å². The molecular formula is C20H24N2O5. The van der Waals surface area contributed by atoms with Crippen molar-refractivity contribution in [3.63, 3.8) is 0 Å². The molecule has 0 aliphatic heterocycles. The van der Waals surface area contributed by atoms with Gasteiger partial charge >= 0.3 is 5.97 Å². The zero-order valence-electron chi connectivity index (χ0n) is 16.0. The van der Waals surface area contributed by atoms with Crippen LogP contribution in [0.25, 0.3) is 10.8 Å². The molecule has 2 rings (SSSR count). The smallest absolute Gasteiger partial charge is 0.305 e.